The van der Waals surface area contributed by atoms with Crippen molar-refractivity contribution in [2.45, 2.75) is 35.4 Å². The minimum absolute atomic E-state index is 0.0578. The number of amides is 2. The summed E-state index contributed by atoms with van der Waals surface area (Å²) in [6, 6.07) is 5.33. The van der Waals surface area contributed by atoms with E-state index < -0.39 is 0 Å². The maximum atomic E-state index is 12.2. The van der Waals surface area contributed by atoms with Crippen molar-refractivity contribution in [2.75, 3.05) is 5.73 Å². The molecule has 0 bridgehead atoms. The summed E-state index contributed by atoms with van der Waals surface area (Å²) in [5.41, 5.74) is 6.42. The Labute approximate surface area is 120 Å². The van der Waals surface area contributed by atoms with E-state index in [0.717, 1.165) is 17.7 Å². The van der Waals surface area contributed by atoms with Crippen LogP contribution < -0.4 is 5.73 Å². The predicted molar refractivity (Wildman–Crippen MR) is 75.0 cm³/mol. The molecule has 6 heteroatoms. The Hall–Kier alpha value is -1.20. The highest BCUT2D eigenvalue weighted by Crippen LogP contribution is 2.39. The Morgan fingerprint density at radius 3 is 2.68 bits per heavy atom. The molecule has 19 heavy (non-hydrogen) atoms. The van der Waals surface area contributed by atoms with E-state index in [1.54, 1.807) is 18.2 Å². The molecule has 4 nitrogen and oxygen atoms in total. The molecule has 1 aliphatic carbocycles. The summed E-state index contributed by atoms with van der Waals surface area (Å²) in [6.45, 7) is 0. The lowest BCUT2D eigenvalue weighted by Crippen LogP contribution is -2.33. The normalized spacial score (nSPS) is 23.2. The average Bonchev–Trinajstić information content (AvgIpc) is 3.12. The summed E-state index contributed by atoms with van der Waals surface area (Å²) in [6.07, 6.45) is 2.15. The van der Waals surface area contributed by atoms with Crippen LogP contribution in [-0.2, 0) is 9.59 Å². The molecule has 0 aromatic heterocycles. The lowest BCUT2D eigenvalue weighted by atomic mass is 10.3. The standard InChI is InChI=1S/C13H13ClN2O2S/c14-7-1-4-10(9(15)5-7)19-11-6-12(17)16(13(11)18)8-2-3-8/h1,4-5,8,11H,2-3,6,15H2. The maximum absolute atomic E-state index is 12.2. The summed E-state index contributed by atoms with van der Waals surface area (Å²) >= 11 is 7.19. The molecule has 0 radical (unpaired) electrons. The van der Waals surface area contributed by atoms with Crippen LogP contribution in [0.2, 0.25) is 5.02 Å². The molecule has 2 N–H and O–H groups in total. The van der Waals surface area contributed by atoms with Gasteiger partial charge in [-0.2, -0.15) is 0 Å². The first-order chi connectivity index (χ1) is 9.06. The van der Waals surface area contributed by atoms with Crippen molar-refractivity contribution in [3.8, 4) is 0 Å². The number of nitrogens with two attached hydrogens (primary N) is 1. The fraction of sp³-hybridized carbons (Fsp3) is 0.385. The van der Waals surface area contributed by atoms with Gasteiger partial charge in [0.25, 0.3) is 0 Å². The Balaban J connectivity index is 1.76. The molecule has 1 saturated heterocycles. The van der Waals surface area contributed by atoms with Crippen LogP contribution in [0.1, 0.15) is 19.3 Å². The summed E-state index contributed by atoms with van der Waals surface area (Å²) in [7, 11) is 0. The third kappa shape index (κ3) is 2.44. The van der Waals surface area contributed by atoms with Gasteiger partial charge in [-0.25, -0.2) is 0 Å². The minimum atomic E-state index is -0.350. The lowest BCUT2D eigenvalue weighted by Gasteiger charge is -2.14. The average molecular weight is 297 g/mol. The Kier molecular flexibility index (Phi) is 3.19. The second-order valence-corrected chi connectivity index (χ2v) is 6.51. The van der Waals surface area contributed by atoms with E-state index in [-0.39, 0.29) is 29.5 Å². The number of halogens is 1. The molecule has 1 atom stereocenters. The number of nitrogens with zero attached hydrogens (tertiary/aromatic N) is 1. The Morgan fingerprint density at radius 1 is 1.32 bits per heavy atom. The number of nitrogen functional groups attached to an aromatic ring is 1. The van der Waals surface area contributed by atoms with Gasteiger partial charge in [-0.05, 0) is 31.0 Å². The predicted octanol–water partition coefficient (Wildman–Crippen LogP) is 2.30. The van der Waals surface area contributed by atoms with Crippen LogP contribution >= 0.6 is 23.4 Å². The minimum Gasteiger partial charge on any atom is -0.398 e. The first-order valence-corrected chi connectivity index (χ1v) is 7.39. The second-order valence-electron chi connectivity index (χ2n) is 4.83. The number of carbonyl (C=O) groups is 2. The zero-order valence-electron chi connectivity index (χ0n) is 10.1. The number of hydrogen-bond donors (Lipinski definition) is 1. The summed E-state index contributed by atoms with van der Waals surface area (Å²) in [5, 5.41) is 0.215. The number of anilines is 1. The molecule has 2 aliphatic rings. The number of rotatable bonds is 3. The van der Waals surface area contributed by atoms with Crippen LogP contribution in [0.3, 0.4) is 0 Å². The molecule has 1 heterocycles. The number of hydrogen-bond acceptors (Lipinski definition) is 4. The van der Waals surface area contributed by atoms with E-state index in [2.05, 4.69) is 0 Å². The number of benzene rings is 1. The van der Waals surface area contributed by atoms with E-state index in [4.69, 9.17) is 17.3 Å². The number of likely N-dealkylation sites (tertiary alicyclic amines) is 1. The Bertz CT molecular complexity index is 560. The lowest BCUT2D eigenvalue weighted by molar-refractivity contribution is -0.138. The van der Waals surface area contributed by atoms with Crippen molar-refractivity contribution in [3.63, 3.8) is 0 Å². The molecule has 1 saturated carbocycles. The van der Waals surface area contributed by atoms with Crippen molar-refractivity contribution < 1.29 is 9.59 Å². The number of thioether (sulfide) groups is 1. The first kappa shape index (κ1) is 12.8. The summed E-state index contributed by atoms with van der Waals surface area (Å²) in [5.74, 6) is -0.135. The number of imide groups is 1. The van der Waals surface area contributed by atoms with Crippen molar-refractivity contribution in [1.29, 1.82) is 0 Å². The highest BCUT2D eigenvalue weighted by molar-refractivity contribution is 8.00. The van der Waals surface area contributed by atoms with Gasteiger partial charge in [0.15, 0.2) is 0 Å². The molecule has 2 fully saturated rings. The zero-order chi connectivity index (χ0) is 13.6. The molecule has 3 rings (SSSR count). The van der Waals surface area contributed by atoms with E-state index in [1.807, 2.05) is 0 Å². The van der Waals surface area contributed by atoms with Gasteiger partial charge >= 0.3 is 0 Å². The van der Waals surface area contributed by atoms with E-state index in [1.165, 1.54) is 16.7 Å². The van der Waals surface area contributed by atoms with Gasteiger partial charge in [-0.3, -0.25) is 14.5 Å². The molecule has 0 spiro atoms. The van der Waals surface area contributed by atoms with Gasteiger partial charge in [-0.15, -0.1) is 11.8 Å². The molecule has 1 aromatic carbocycles. The molecule has 2 amide bonds. The van der Waals surface area contributed by atoms with Crippen molar-refractivity contribution in [2.24, 2.45) is 0 Å². The maximum Gasteiger partial charge on any atom is 0.243 e. The Morgan fingerprint density at radius 2 is 2.05 bits per heavy atom. The highest BCUT2D eigenvalue weighted by Gasteiger charge is 2.46. The van der Waals surface area contributed by atoms with E-state index in [0.29, 0.717) is 10.7 Å². The van der Waals surface area contributed by atoms with Gasteiger partial charge < -0.3 is 5.73 Å². The third-order valence-corrected chi connectivity index (χ3v) is 4.81. The topological polar surface area (TPSA) is 63.4 Å². The molecule has 1 aromatic rings. The summed E-state index contributed by atoms with van der Waals surface area (Å²) in [4.78, 5) is 26.3. The molecule has 1 aliphatic heterocycles. The van der Waals surface area contributed by atoms with Gasteiger partial charge in [0.1, 0.15) is 0 Å². The van der Waals surface area contributed by atoms with Crippen LogP contribution in [0.4, 0.5) is 5.69 Å². The van der Waals surface area contributed by atoms with Gasteiger partial charge in [0.2, 0.25) is 11.8 Å². The first-order valence-electron chi connectivity index (χ1n) is 6.14. The van der Waals surface area contributed by atoms with E-state index >= 15 is 0 Å². The van der Waals surface area contributed by atoms with Crippen LogP contribution in [0.5, 0.6) is 0 Å². The fourth-order valence-electron chi connectivity index (χ4n) is 2.21. The van der Waals surface area contributed by atoms with Gasteiger partial charge in [0.05, 0.1) is 5.25 Å². The zero-order valence-corrected chi connectivity index (χ0v) is 11.7. The quantitative estimate of drug-likeness (QED) is 0.687. The highest BCUT2D eigenvalue weighted by atomic mass is 35.5. The fourth-order valence-corrected chi connectivity index (χ4v) is 3.48. The number of carbonyl (C=O) groups excluding carboxylic acids is 2. The molecular formula is C13H13ClN2O2S. The van der Waals surface area contributed by atoms with Gasteiger partial charge in [0, 0.05) is 28.1 Å². The van der Waals surface area contributed by atoms with Crippen molar-refractivity contribution in [3.05, 3.63) is 23.2 Å². The van der Waals surface area contributed by atoms with Crippen LogP contribution in [-0.4, -0.2) is 28.0 Å². The van der Waals surface area contributed by atoms with Crippen LogP contribution in [0.15, 0.2) is 23.1 Å². The molecule has 1 unspecified atom stereocenters. The third-order valence-electron chi connectivity index (χ3n) is 3.29. The van der Waals surface area contributed by atoms with Crippen molar-refractivity contribution in [1.82, 2.24) is 4.90 Å². The van der Waals surface area contributed by atoms with E-state index in [9.17, 15) is 9.59 Å². The smallest absolute Gasteiger partial charge is 0.243 e. The second kappa shape index (κ2) is 4.72. The van der Waals surface area contributed by atoms with Gasteiger partial charge in [-0.1, -0.05) is 11.6 Å². The van der Waals surface area contributed by atoms with Crippen LogP contribution in [0, 0.1) is 0 Å². The van der Waals surface area contributed by atoms with Crippen LogP contribution in [0.25, 0.3) is 0 Å². The SMILES string of the molecule is Nc1cc(Cl)ccc1SC1CC(=O)N(C2CC2)C1=O. The largest absolute Gasteiger partial charge is 0.398 e. The monoisotopic (exact) mass is 296 g/mol. The van der Waals surface area contributed by atoms with Crippen molar-refractivity contribution >= 4 is 40.9 Å². The summed E-state index contributed by atoms with van der Waals surface area (Å²) < 4.78 is 0. The molecule has 100 valence electrons. The molecular weight excluding hydrogens is 284 g/mol.